The number of hydrogen-bond donors (Lipinski definition) is 1. The molecule has 138 valence electrons. The molecule has 0 atom stereocenters. The van der Waals surface area contributed by atoms with Crippen molar-refractivity contribution in [3.63, 3.8) is 0 Å². The van der Waals surface area contributed by atoms with Gasteiger partial charge in [0.15, 0.2) is 11.5 Å². The minimum absolute atomic E-state index is 0.259. The molecule has 0 saturated carbocycles. The molecule has 5 rings (SSSR count). The lowest BCUT2D eigenvalue weighted by atomic mass is 10.2. The van der Waals surface area contributed by atoms with Crippen molar-refractivity contribution in [1.82, 2.24) is 35.0 Å². The Labute approximate surface area is 159 Å². The monoisotopic (exact) mass is 373 g/mol. The van der Waals surface area contributed by atoms with Gasteiger partial charge >= 0.3 is 0 Å². The van der Waals surface area contributed by atoms with Crippen molar-refractivity contribution >= 4 is 16.6 Å². The van der Waals surface area contributed by atoms with E-state index in [0.29, 0.717) is 5.82 Å². The van der Waals surface area contributed by atoms with E-state index >= 15 is 0 Å². The van der Waals surface area contributed by atoms with Crippen LogP contribution in [0.25, 0.3) is 27.8 Å². The normalized spacial score (nSPS) is 11.2. The minimum Gasteiger partial charge on any atom is -0.497 e. The van der Waals surface area contributed by atoms with Crippen LogP contribution in [-0.4, -0.2) is 42.1 Å². The summed E-state index contributed by atoms with van der Waals surface area (Å²) in [4.78, 5) is 4.38. The third-order valence-electron chi connectivity index (χ3n) is 4.45. The lowest BCUT2D eigenvalue weighted by Crippen LogP contribution is -2.02. The zero-order valence-corrected chi connectivity index (χ0v) is 14.9. The average molecular weight is 373 g/mol. The van der Waals surface area contributed by atoms with Crippen LogP contribution in [0.15, 0.2) is 55.0 Å². The van der Waals surface area contributed by atoms with Crippen molar-refractivity contribution in [1.29, 1.82) is 0 Å². The summed E-state index contributed by atoms with van der Waals surface area (Å²) in [7, 11) is 1.63. The van der Waals surface area contributed by atoms with Crippen molar-refractivity contribution in [2.75, 3.05) is 7.11 Å². The molecular formula is C19H15N7O2. The maximum atomic E-state index is 6.04. The van der Waals surface area contributed by atoms with E-state index in [2.05, 4.69) is 30.6 Å². The number of benzene rings is 1. The van der Waals surface area contributed by atoms with Gasteiger partial charge < -0.3 is 9.47 Å². The molecule has 0 fully saturated rings. The first-order valence-corrected chi connectivity index (χ1v) is 8.57. The predicted octanol–water partition coefficient (Wildman–Crippen LogP) is 2.65. The van der Waals surface area contributed by atoms with Crippen molar-refractivity contribution < 1.29 is 9.47 Å². The molecule has 0 aliphatic heterocycles. The van der Waals surface area contributed by atoms with Crippen LogP contribution < -0.4 is 9.47 Å². The fourth-order valence-corrected chi connectivity index (χ4v) is 3.03. The molecule has 0 bridgehead atoms. The number of aromatic amines is 1. The number of hydrogen-bond acceptors (Lipinski definition) is 7. The summed E-state index contributed by atoms with van der Waals surface area (Å²) < 4.78 is 13.2. The molecule has 4 heterocycles. The first-order valence-electron chi connectivity index (χ1n) is 8.57. The van der Waals surface area contributed by atoms with Crippen LogP contribution in [0.3, 0.4) is 0 Å². The molecule has 0 aliphatic carbocycles. The molecule has 1 aromatic carbocycles. The van der Waals surface area contributed by atoms with E-state index in [-0.39, 0.29) is 6.61 Å². The molecule has 0 amide bonds. The van der Waals surface area contributed by atoms with Crippen molar-refractivity contribution in [3.05, 3.63) is 60.8 Å². The molecule has 4 aromatic heterocycles. The Hall–Kier alpha value is -4.01. The van der Waals surface area contributed by atoms with Crippen LogP contribution in [0, 0.1) is 0 Å². The van der Waals surface area contributed by atoms with Crippen LogP contribution in [0.2, 0.25) is 0 Å². The molecule has 5 aromatic rings. The summed E-state index contributed by atoms with van der Waals surface area (Å²) in [6.07, 6.45) is 5.29. The third-order valence-corrected chi connectivity index (χ3v) is 4.45. The van der Waals surface area contributed by atoms with Crippen LogP contribution in [0.5, 0.6) is 11.5 Å². The van der Waals surface area contributed by atoms with Crippen LogP contribution in [0.4, 0.5) is 0 Å². The average Bonchev–Trinajstić information content (AvgIpc) is 3.41. The summed E-state index contributed by atoms with van der Waals surface area (Å²) >= 11 is 0. The van der Waals surface area contributed by atoms with Gasteiger partial charge in [0.2, 0.25) is 0 Å². The Balaban J connectivity index is 1.46. The molecule has 9 heteroatoms. The number of rotatable bonds is 5. The van der Waals surface area contributed by atoms with E-state index in [9.17, 15) is 0 Å². The molecule has 0 saturated heterocycles. The number of nitrogens with zero attached hydrogens (tertiary/aromatic N) is 6. The van der Waals surface area contributed by atoms with Gasteiger partial charge in [0.1, 0.15) is 23.8 Å². The third kappa shape index (κ3) is 2.78. The highest BCUT2D eigenvalue weighted by Crippen LogP contribution is 2.27. The van der Waals surface area contributed by atoms with Gasteiger partial charge in [0.05, 0.1) is 18.8 Å². The first kappa shape index (κ1) is 16.2. The van der Waals surface area contributed by atoms with Gasteiger partial charge in [-0.25, -0.2) is 0 Å². The van der Waals surface area contributed by atoms with E-state index in [4.69, 9.17) is 9.47 Å². The van der Waals surface area contributed by atoms with Gasteiger partial charge in [-0.3, -0.25) is 9.38 Å². The van der Waals surface area contributed by atoms with Crippen molar-refractivity contribution in [2.24, 2.45) is 0 Å². The molecular weight excluding hydrogens is 358 g/mol. The molecule has 0 unspecified atom stereocenters. The Morgan fingerprint density at radius 3 is 2.93 bits per heavy atom. The summed E-state index contributed by atoms with van der Waals surface area (Å²) in [6, 6.07) is 11.3. The zero-order valence-electron chi connectivity index (χ0n) is 14.9. The second-order valence-corrected chi connectivity index (χ2v) is 6.10. The quantitative estimate of drug-likeness (QED) is 0.505. The van der Waals surface area contributed by atoms with Gasteiger partial charge in [0.25, 0.3) is 0 Å². The molecule has 0 spiro atoms. The molecule has 0 aliphatic rings. The van der Waals surface area contributed by atoms with E-state index in [1.54, 1.807) is 19.5 Å². The van der Waals surface area contributed by atoms with Gasteiger partial charge in [-0.1, -0.05) is 0 Å². The van der Waals surface area contributed by atoms with Crippen molar-refractivity contribution in [3.8, 4) is 22.8 Å². The van der Waals surface area contributed by atoms with Gasteiger partial charge in [-0.05, 0) is 30.3 Å². The fourth-order valence-electron chi connectivity index (χ4n) is 3.03. The number of ether oxygens (including phenoxy) is 2. The predicted molar refractivity (Wildman–Crippen MR) is 101 cm³/mol. The number of pyridine rings is 2. The fraction of sp³-hybridized carbons (Fsp3) is 0.105. The largest absolute Gasteiger partial charge is 0.497 e. The highest BCUT2D eigenvalue weighted by Gasteiger charge is 2.11. The Kier molecular flexibility index (Phi) is 3.82. The maximum Gasteiger partial charge on any atom is 0.175 e. The molecule has 9 nitrogen and oxygen atoms in total. The number of methoxy groups -OCH3 is 1. The first-order chi connectivity index (χ1) is 13.8. The zero-order chi connectivity index (χ0) is 18.9. The Morgan fingerprint density at radius 1 is 1.11 bits per heavy atom. The standard InChI is InChI=1S/C19H15N7O2/c1-27-13-3-4-14-15(8-13)20-7-6-17(14)28-11-19-24-23-18-5-2-12(10-26(18)19)16-9-21-25-22-16/h2-10H,11H2,1H3,(H,21,22,25). The van der Waals surface area contributed by atoms with E-state index < -0.39 is 0 Å². The number of aromatic nitrogens is 7. The SMILES string of the molecule is COc1ccc2c(OCc3nnc4ccc(-c5cn[nH]n5)cn34)ccnc2c1. The highest BCUT2D eigenvalue weighted by molar-refractivity contribution is 5.85. The number of nitrogens with one attached hydrogen (secondary N) is 1. The molecule has 0 radical (unpaired) electrons. The number of H-pyrrole nitrogens is 1. The van der Waals surface area contributed by atoms with Crippen LogP contribution in [0.1, 0.15) is 5.82 Å². The van der Waals surface area contributed by atoms with Gasteiger partial charge in [-0.15, -0.1) is 10.2 Å². The number of fused-ring (bicyclic) bond motifs is 2. The smallest absolute Gasteiger partial charge is 0.175 e. The Morgan fingerprint density at radius 2 is 2.07 bits per heavy atom. The van der Waals surface area contributed by atoms with E-state index in [0.717, 1.165) is 39.3 Å². The van der Waals surface area contributed by atoms with E-state index in [1.165, 1.54) is 0 Å². The summed E-state index contributed by atoms with van der Waals surface area (Å²) in [5.74, 6) is 2.15. The van der Waals surface area contributed by atoms with Crippen LogP contribution >= 0.6 is 0 Å². The highest BCUT2D eigenvalue weighted by atomic mass is 16.5. The molecule has 1 N–H and O–H groups in total. The van der Waals surface area contributed by atoms with Crippen LogP contribution in [-0.2, 0) is 6.61 Å². The summed E-state index contributed by atoms with van der Waals surface area (Å²) in [5, 5.41) is 19.9. The molecule has 28 heavy (non-hydrogen) atoms. The topological polar surface area (TPSA) is 103 Å². The van der Waals surface area contributed by atoms with E-state index in [1.807, 2.05) is 47.0 Å². The second kappa shape index (κ2) is 6.62. The Bertz CT molecular complexity index is 1260. The van der Waals surface area contributed by atoms with Gasteiger partial charge in [0, 0.05) is 29.4 Å². The van der Waals surface area contributed by atoms with Crippen molar-refractivity contribution in [2.45, 2.75) is 6.61 Å². The second-order valence-electron chi connectivity index (χ2n) is 6.10. The minimum atomic E-state index is 0.259. The lowest BCUT2D eigenvalue weighted by molar-refractivity contribution is 0.298. The summed E-state index contributed by atoms with van der Waals surface area (Å²) in [6.45, 7) is 0.259. The lowest BCUT2D eigenvalue weighted by Gasteiger charge is -2.09. The maximum absolute atomic E-state index is 6.04. The van der Waals surface area contributed by atoms with Gasteiger partial charge in [-0.2, -0.15) is 15.4 Å². The summed E-state index contributed by atoms with van der Waals surface area (Å²) in [5.41, 5.74) is 3.19.